The van der Waals surface area contributed by atoms with Crippen LogP contribution in [0.15, 0.2) is 48.5 Å². The summed E-state index contributed by atoms with van der Waals surface area (Å²) in [6.07, 6.45) is 0.714. The van der Waals surface area contributed by atoms with Gasteiger partial charge in [-0.05, 0) is 30.7 Å². The summed E-state index contributed by atoms with van der Waals surface area (Å²) < 4.78 is 19.7. The number of hydrogen-bond donors (Lipinski definition) is 0. The van der Waals surface area contributed by atoms with Gasteiger partial charge in [0.1, 0.15) is 17.7 Å². The van der Waals surface area contributed by atoms with E-state index in [0.29, 0.717) is 18.0 Å². The van der Waals surface area contributed by atoms with Crippen LogP contribution in [0, 0.1) is 5.82 Å². The summed E-state index contributed by atoms with van der Waals surface area (Å²) in [4.78, 5) is 14.3. The Morgan fingerprint density at radius 2 is 1.95 bits per heavy atom. The Labute approximate surface area is 123 Å². The molecule has 0 bridgehead atoms. The topological polar surface area (TPSA) is 29.5 Å². The second kappa shape index (κ2) is 5.56. The summed E-state index contributed by atoms with van der Waals surface area (Å²) >= 11 is 0. The highest BCUT2D eigenvalue weighted by Gasteiger charge is 2.30. The third kappa shape index (κ3) is 2.49. The third-order valence-corrected chi connectivity index (χ3v) is 3.64. The largest absolute Gasteiger partial charge is 0.486 e. The van der Waals surface area contributed by atoms with Crippen LogP contribution in [0.4, 0.5) is 10.1 Å². The van der Waals surface area contributed by atoms with Crippen LogP contribution < -0.4 is 9.64 Å². The molecule has 0 saturated heterocycles. The molecule has 1 atom stereocenters. The van der Waals surface area contributed by atoms with Crippen molar-refractivity contribution in [2.75, 3.05) is 11.4 Å². The van der Waals surface area contributed by atoms with Crippen LogP contribution in [0.1, 0.15) is 23.7 Å². The first-order valence-corrected chi connectivity index (χ1v) is 7.02. The van der Waals surface area contributed by atoms with Crippen molar-refractivity contribution in [1.29, 1.82) is 0 Å². The molecule has 3 nitrogen and oxygen atoms in total. The summed E-state index contributed by atoms with van der Waals surface area (Å²) in [6, 6.07) is 13.4. The second-order valence-electron chi connectivity index (χ2n) is 5.01. The van der Waals surface area contributed by atoms with E-state index in [-0.39, 0.29) is 17.6 Å². The zero-order chi connectivity index (χ0) is 14.8. The molecule has 2 aromatic rings. The molecule has 1 amide bonds. The maximum Gasteiger partial charge on any atom is 0.261 e. The average Bonchev–Trinajstić information content (AvgIpc) is 2.53. The van der Waals surface area contributed by atoms with Gasteiger partial charge in [0.15, 0.2) is 0 Å². The molecule has 1 aliphatic rings. The number of hydrogen-bond acceptors (Lipinski definition) is 2. The number of anilines is 1. The second-order valence-corrected chi connectivity index (χ2v) is 5.01. The van der Waals surface area contributed by atoms with Crippen LogP contribution in [0.5, 0.6) is 5.75 Å². The fourth-order valence-electron chi connectivity index (χ4n) is 2.48. The van der Waals surface area contributed by atoms with Gasteiger partial charge in [-0.3, -0.25) is 4.79 Å². The Morgan fingerprint density at radius 3 is 2.71 bits per heavy atom. The predicted molar refractivity (Wildman–Crippen MR) is 79.2 cm³/mol. The standard InChI is InChI=1S/C17H16FNO2/c1-2-12-11-19(15-9-5-6-10-16(15)21-12)17(20)13-7-3-4-8-14(13)18/h3-10,12H,2,11H2,1H3. The van der Waals surface area contributed by atoms with Crippen molar-refractivity contribution >= 4 is 11.6 Å². The van der Waals surface area contributed by atoms with Gasteiger partial charge < -0.3 is 9.64 Å². The van der Waals surface area contributed by atoms with E-state index < -0.39 is 5.82 Å². The van der Waals surface area contributed by atoms with Gasteiger partial charge in [0.05, 0.1) is 17.8 Å². The van der Waals surface area contributed by atoms with Gasteiger partial charge in [-0.2, -0.15) is 0 Å². The van der Waals surface area contributed by atoms with Crippen molar-refractivity contribution in [3.63, 3.8) is 0 Å². The van der Waals surface area contributed by atoms with Gasteiger partial charge in [0, 0.05) is 0 Å². The minimum atomic E-state index is -0.500. The number of carbonyl (C=O) groups is 1. The molecule has 0 saturated carbocycles. The molecular formula is C17H16FNO2. The molecule has 108 valence electrons. The van der Waals surface area contributed by atoms with Gasteiger partial charge in [-0.15, -0.1) is 0 Å². The number of rotatable bonds is 2. The van der Waals surface area contributed by atoms with E-state index in [1.165, 1.54) is 12.1 Å². The van der Waals surface area contributed by atoms with E-state index in [1.54, 1.807) is 17.0 Å². The first-order chi connectivity index (χ1) is 10.2. The summed E-state index contributed by atoms with van der Waals surface area (Å²) in [5, 5.41) is 0. The van der Waals surface area contributed by atoms with Crippen molar-refractivity contribution in [2.24, 2.45) is 0 Å². The van der Waals surface area contributed by atoms with Crippen LogP contribution in [0.25, 0.3) is 0 Å². The van der Waals surface area contributed by atoms with Gasteiger partial charge in [0.2, 0.25) is 0 Å². The Hall–Kier alpha value is -2.36. The van der Waals surface area contributed by atoms with Gasteiger partial charge in [0.25, 0.3) is 5.91 Å². The molecule has 0 aromatic heterocycles. The quantitative estimate of drug-likeness (QED) is 0.843. The maximum absolute atomic E-state index is 13.9. The first-order valence-electron chi connectivity index (χ1n) is 7.02. The lowest BCUT2D eigenvalue weighted by molar-refractivity contribution is 0.0950. The van der Waals surface area contributed by atoms with Gasteiger partial charge >= 0.3 is 0 Å². The molecule has 2 aromatic carbocycles. The summed E-state index contributed by atoms with van der Waals surface area (Å²) in [5.74, 6) is -0.165. The summed E-state index contributed by atoms with van der Waals surface area (Å²) in [7, 11) is 0. The third-order valence-electron chi connectivity index (χ3n) is 3.64. The lowest BCUT2D eigenvalue weighted by Gasteiger charge is -2.34. The molecule has 0 N–H and O–H groups in total. The number of fused-ring (bicyclic) bond motifs is 1. The number of ether oxygens (including phenoxy) is 1. The average molecular weight is 285 g/mol. The molecule has 1 heterocycles. The molecule has 0 aliphatic carbocycles. The van der Waals surface area contributed by atoms with Crippen molar-refractivity contribution < 1.29 is 13.9 Å². The summed E-state index contributed by atoms with van der Waals surface area (Å²) in [5.41, 5.74) is 0.777. The van der Waals surface area contributed by atoms with Crippen LogP contribution in [0.3, 0.4) is 0 Å². The smallest absolute Gasteiger partial charge is 0.261 e. The lowest BCUT2D eigenvalue weighted by atomic mass is 10.1. The fraction of sp³-hybridized carbons (Fsp3) is 0.235. The predicted octanol–water partition coefficient (Wildman–Crippen LogP) is 3.64. The first kappa shape index (κ1) is 13.6. The lowest BCUT2D eigenvalue weighted by Crippen LogP contribution is -2.43. The Kier molecular flexibility index (Phi) is 3.60. The molecular weight excluding hydrogens is 269 g/mol. The minimum Gasteiger partial charge on any atom is -0.486 e. The van der Waals surface area contributed by atoms with E-state index in [4.69, 9.17) is 4.74 Å². The Balaban J connectivity index is 2.01. The normalized spacial score (nSPS) is 17.0. The molecule has 0 fully saturated rings. The number of halogens is 1. The van der Waals surface area contributed by atoms with Crippen molar-refractivity contribution in [3.05, 3.63) is 59.9 Å². The van der Waals surface area contributed by atoms with Crippen LogP contribution >= 0.6 is 0 Å². The molecule has 3 rings (SSSR count). The molecule has 4 heteroatoms. The fourth-order valence-corrected chi connectivity index (χ4v) is 2.48. The van der Waals surface area contributed by atoms with E-state index in [0.717, 1.165) is 6.42 Å². The number of nitrogens with zero attached hydrogens (tertiary/aromatic N) is 1. The molecule has 0 radical (unpaired) electrons. The molecule has 1 unspecified atom stereocenters. The number of carbonyl (C=O) groups excluding carboxylic acids is 1. The van der Waals surface area contributed by atoms with E-state index in [2.05, 4.69) is 0 Å². The number of para-hydroxylation sites is 2. The van der Waals surface area contributed by atoms with E-state index >= 15 is 0 Å². The van der Waals surface area contributed by atoms with Crippen molar-refractivity contribution in [1.82, 2.24) is 0 Å². The molecule has 21 heavy (non-hydrogen) atoms. The van der Waals surface area contributed by atoms with E-state index in [9.17, 15) is 9.18 Å². The zero-order valence-electron chi connectivity index (χ0n) is 11.8. The Morgan fingerprint density at radius 1 is 1.24 bits per heavy atom. The zero-order valence-corrected chi connectivity index (χ0v) is 11.8. The summed E-state index contributed by atoms with van der Waals surface area (Å²) in [6.45, 7) is 2.44. The highest BCUT2D eigenvalue weighted by Crippen LogP contribution is 2.34. The number of amides is 1. The van der Waals surface area contributed by atoms with Crippen LogP contribution in [0.2, 0.25) is 0 Å². The van der Waals surface area contributed by atoms with Crippen molar-refractivity contribution in [3.8, 4) is 5.75 Å². The molecule has 0 spiro atoms. The van der Waals surface area contributed by atoms with Gasteiger partial charge in [-0.25, -0.2) is 4.39 Å². The molecule has 1 aliphatic heterocycles. The highest BCUT2D eigenvalue weighted by molar-refractivity contribution is 6.07. The monoisotopic (exact) mass is 285 g/mol. The highest BCUT2D eigenvalue weighted by atomic mass is 19.1. The van der Waals surface area contributed by atoms with Gasteiger partial charge in [-0.1, -0.05) is 31.2 Å². The minimum absolute atomic E-state index is 0.0735. The van der Waals surface area contributed by atoms with Crippen LogP contribution in [-0.2, 0) is 0 Å². The van der Waals surface area contributed by atoms with Crippen LogP contribution in [-0.4, -0.2) is 18.6 Å². The van der Waals surface area contributed by atoms with E-state index in [1.807, 2.05) is 31.2 Å². The van der Waals surface area contributed by atoms with Crippen molar-refractivity contribution in [2.45, 2.75) is 19.4 Å². The maximum atomic E-state index is 13.9. The SMILES string of the molecule is CCC1CN(C(=O)c2ccccc2F)c2ccccc2O1. The number of benzene rings is 2. The Bertz CT molecular complexity index is 671.